The average molecular weight is 519 g/mol. The molecule has 1 unspecified atom stereocenters. The first-order valence-corrected chi connectivity index (χ1v) is 15.3. The van der Waals surface area contributed by atoms with Gasteiger partial charge in [-0.3, -0.25) is 0 Å². The van der Waals surface area contributed by atoms with Crippen LogP contribution in [0.4, 0.5) is 0 Å². The van der Waals surface area contributed by atoms with Crippen LogP contribution in [0.25, 0.3) is 11.0 Å². The predicted molar refractivity (Wildman–Crippen MR) is 150 cm³/mol. The van der Waals surface area contributed by atoms with Crippen LogP contribution in [0.3, 0.4) is 0 Å². The molecule has 3 N–H and O–H groups in total. The maximum absolute atomic E-state index is 11.7. The molecular formula is C33H46N2O3. The molecule has 7 rings (SSSR count). The van der Waals surface area contributed by atoms with E-state index in [1.807, 2.05) is 7.11 Å². The molecule has 5 aliphatic rings. The molecule has 2 aromatic rings. The van der Waals surface area contributed by atoms with Crippen LogP contribution in [0, 0.1) is 53.3 Å². The number of ether oxygens (including phenoxy) is 1. The number of methoxy groups -OCH3 is 1. The first-order chi connectivity index (χ1) is 18.3. The number of para-hydroxylation sites is 1. The standard InChI is InChI=1S/C33H46N2O3/c1-18-6-5-7-26-31(18)35-29(34-26)11-8-22-19(2)17-33-23(22)9-10-24(33)30-25(16-28(33)38-4)32(3)13-12-21(36)14-20(32)15-27(30)37/h5-7,20-25,27-28,30,36-37H,2,8-17H2,1,3-4H3,(H,34,35)/t20-,21+,22?,23+,24-,25-,27+,28-,30-,32-,33+/m0/s1. The topological polar surface area (TPSA) is 78.4 Å². The van der Waals surface area contributed by atoms with Gasteiger partial charge >= 0.3 is 0 Å². The average Bonchev–Trinajstić information content (AvgIpc) is 3.54. The van der Waals surface area contributed by atoms with Crippen molar-refractivity contribution in [3.63, 3.8) is 0 Å². The van der Waals surface area contributed by atoms with Crippen LogP contribution in [0.15, 0.2) is 30.4 Å². The van der Waals surface area contributed by atoms with Gasteiger partial charge in [-0.25, -0.2) is 4.98 Å². The van der Waals surface area contributed by atoms with Gasteiger partial charge in [-0.2, -0.15) is 0 Å². The minimum Gasteiger partial charge on any atom is -0.393 e. The Morgan fingerprint density at radius 3 is 2.71 bits per heavy atom. The number of hydrogen-bond donors (Lipinski definition) is 3. The summed E-state index contributed by atoms with van der Waals surface area (Å²) in [5, 5.41) is 22.1. The van der Waals surface area contributed by atoms with Gasteiger partial charge in [0, 0.05) is 18.9 Å². The van der Waals surface area contributed by atoms with E-state index in [2.05, 4.69) is 43.6 Å². The fourth-order valence-electron chi connectivity index (χ4n) is 11.2. The molecule has 5 nitrogen and oxygen atoms in total. The van der Waals surface area contributed by atoms with Gasteiger partial charge < -0.3 is 19.9 Å². The van der Waals surface area contributed by atoms with Crippen molar-refractivity contribution in [1.29, 1.82) is 0 Å². The maximum Gasteiger partial charge on any atom is 0.107 e. The highest BCUT2D eigenvalue weighted by Gasteiger charge is 2.70. The van der Waals surface area contributed by atoms with Crippen LogP contribution < -0.4 is 0 Å². The molecule has 5 saturated carbocycles. The number of aliphatic hydroxyl groups excluding tert-OH is 2. The highest BCUT2D eigenvalue weighted by atomic mass is 16.5. The highest BCUT2D eigenvalue weighted by Crippen LogP contribution is 2.73. The number of nitrogens with one attached hydrogen (secondary N) is 1. The van der Waals surface area contributed by atoms with E-state index in [0.29, 0.717) is 35.5 Å². The Hall–Kier alpha value is -1.69. The first-order valence-electron chi connectivity index (χ1n) is 15.3. The number of aromatic amines is 1. The van der Waals surface area contributed by atoms with E-state index in [9.17, 15) is 10.2 Å². The lowest BCUT2D eigenvalue weighted by atomic mass is 9.43. The number of H-pyrrole nitrogens is 1. The Labute approximate surface area is 227 Å². The lowest BCUT2D eigenvalue weighted by Crippen LogP contribution is -2.62. The van der Waals surface area contributed by atoms with Crippen molar-refractivity contribution in [1.82, 2.24) is 9.97 Å². The lowest BCUT2D eigenvalue weighted by Gasteiger charge is -2.63. The predicted octanol–water partition coefficient (Wildman–Crippen LogP) is 5.98. The molecule has 5 aliphatic carbocycles. The minimum absolute atomic E-state index is 0.112. The second kappa shape index (κ2) is 8.91. The maximum atomic E-state index is 11.7. The third kappa shape index (κ3) is 3.43. The van der Waals surface area contributed by atoms with E-state index in [1.54, 1.807) is 0 Å². The number of imidazole rings is 1. The molecule has 1 heterocycles. The van der Waals surface area contributed by atoms with Crippen molar-refractivity contribution in [3.05, 3.63) is 41.7 Å². The first kappa shape index (κ1) is 25.3. The zero-order valence-electron chi connectivity index (χ0n) is 23.5. The zero-order valence-corrected chi connectivity index (χ0v) is 23.5. The third-order valence-electron chi connectivity index (χ3n) is 12.8. The molecule has 5 heteroatoms. The normalized spacial score (nSPS) is 46.0. The van der Waals surface area contributed by atoms with Crippen molar-refractivity contribution in [2.45, 2.75) is 96.4 Å². The second-order valence-corrected chi connectivity index (χ2v) is 14.1. The molecule has 5 fully saturated rings. The summed E-state index contributed by atoms with van der Waals surface area (Å²) in [6.07, 6.45) is 10.0. The number of hydrogen-bond acceptors (Lipinski definition) is 4. The van der Waals surface area contributed by atoms with E-state index in [1.165, 1.54) is 24.0 Å². The summed E-state index contributed by atoms with van der Waals surface area (Å²) in [5.74, 6) is 3.93. The number of nitrogens with zero attached hydrogens (tertiary/aromatic N) is 1. The number of rotatable bonds is 4. The van der Waals surface area contributed by atoms with Gasteiger partial charge in [-0.05, 0) is 117 Å². The van der Waals surface area contributed by atoms with Crippen LogP contribution in [-0.4, -0.2) is 45.6 Å². The minimum atomic E-state index is -0.257. The Bertz CT molecular complexity index is 1240. The van der Waals surface area contributed by atoms with Crippen molar-refractivity contribution in [3.8, 4) is 0 Å². The highest BCUT2D eigenvalue weighted by molar-refractivity contribution is 5.78. The van der Waals surface area contributed by atoms with Gasteiger partial charge in [0.1, 0.15) is 5.82 Å². The number of aliphatic hydroxyl groups is 2. The summed E-state index contributed by atoms with van der Waals surface area (Å²) in [7, 11) is 1.93. The molecule has 0 bridgehead atoms. The molecule has 0 radical (unpaired) electrons. The van der Waals surface area contributed by atoms with Crippen molar-refractivity contribution in [2.24, 2.45) is 46.3 Å². The summed E-state index contributed by atoms with van der Waals surface area (Å²) >= 11 is 0. The quantitative estimate of drug-likeness (QED) is 0.436. The van der Waals surface area contributed by atoms with Crippen molar-refractivity contribution in [2.75, 3.05) is 7.11 Å². The Morgan fingerprint density at radius 1 is 1.11 bits per heavy atom. The monoisotopic (exact) mass is 518 g/mol. The molecule has 0 amide bonds. The number of aryl methyl sites for hydroxylation is 2. The molecule has 0 saturated heterocycles. The molecule has 206 valence electrons. The number of benzene rings is 1. The molecule has 0 aliphatic heterocycles. The molecular weight excluding hydrogens is 472 g/mol. The van der Waals surface area contributed by atoms with Crippen LogP contribution in [-0.2, 0) is 11.2 Å². The SMILES string of the molecule is C=C1C[C@]23[C@@H](OC)C[C@H]4[C@@H]([C@H](O)C[C@@H]5C[C@H](O)CC[C@@]54C)[C@@H]2CC[C@@H]3C1CCc1nc2c(C)cccc2[nH]1. The van der Waals surface area contributed by atoms with E-state index in [4.69, 9.17) is 9.72 Å². The number of allylic oxidation sites excluding steroid dienone is 1. The molecule has 38 heavy (non-hydrogen) atoms. The summed E-state index contributed by atoms with van der Waals surface area (Å²) in [5.41, 5.74) is 5.17. The van der Waals surface area contributed by atoms with Crippen LogP contribution in [0.5, 0.6) is 0 Å². The van der Waals surface area contributed by atoms with E-state index < -0.39 is 0 Å². The van der Waals surface area contributed by atoms with E-state index >= 15 is 0 Å². The fourth-order valence-corrected chi connectivity index (χ4v) is 11.2. The third-order valence-corrected chi connectivity index (χ3v) is 12.8. The lowest BCUT2D eigenvalue weighted by molar-refractivity contribution is -0.211. The largest absolute Gasteiger partial charge is 0.393 e. The van der Waals surface area contributed by atoms with Crippen molar-refractivity contribution >= 4 is 11.0 Å². The smallest absolute Gasteiger partial charge is 0.107 e. The van der Waals surface area contributed by atoms with Gasteiger partial charge in [-0.15, -0.1) is 0 Å². The van der Waals surface area contributed by atoms with Gasteiger partial charge in [0.15, 0.2) is 0 Å². The van der Waals surface area contributed by atoms with E-state index in [0.717, 1.165) is 68.2 Å². The zero-order chi connectivity index (χ0) is 26.4. The Morgan fingerprint density at radius 2 is 1.92 bits per heavy atom. The van der Waals surface area contributed by atoms with Crippen LogP contribution >= 0.6 is 0 Å². The summed E-state index contributed by atoms with van der Waals surface area (Å²) in [6.45, 7) is 9.29. The molecule has 11 atom stereocenters. The van der Waals surface area contributed by atoms with Gasteiger partial charge in [0.05, 0.1) is 29.3 Å². The second-order valence-electron chi connectivity index (χ2n) is 14.1. The summed E-state index contributed by atoms with van der Waals surface area (Å²) in [4.78, 5) is 8.52. The molecule has 1 spiro atoms. The Balaban J connectivity index is 1.17. The van der Waals surface area contributed by atoms with Gasteiger partial charge in [0.2, 0.25) is 0 Å². The Kier molecular flexibility index (Phi) is 5.93. The fraction of sp³-hybridized carbons (Fsp3) is 0.727. The van der Waals surface area contributed by atoms with Crippen LogP contribution in [0.2, 0.25) is 0 Å². The summed E-state index contributed by atoms with van der Waals surface area (Å²) < 4.78 is 6.46. The molecule has 1 aromatic carbocycles. The van der Waals surface area contributed by atoms with Gasteiger partial charge in [0.25, 0.3) is 0 Å². The van der Waals surface area contributed by atoms with E-state index in [-0.39, 0.29) is 29.1 Å². The number of aromatic nitrogens is 2. The molecule has 1 aromatic heterocycles. The van der Waals surface area contributed by atoms with Crippen molar-refractivity contribution < 1.29 is 14.9 Å². The summed E-state index contributed by atoms with van der Waals surface area (Å²) in [6, 6.07) is 6.35. The number of fused-ring (bicyclic) bond motifs is 5. The van der Waals surface area contributed by atoms with Gasteiger partial charge in [-0.1, -0.05) is 31.2 Å². The van der Waals surface area contributed by atoms with Crippen LogP contribution in [0.1, 0.15) is 76.1 Å².